The Morgan fingerprint density at radius 2 is 1.15 bits per heavy atom. The molecule has 452 valence electrons. The van der Waals surface area contributed by atoms with Gasteiger partial charge in [0.05, 0.1) is 43.5 Å². The van der Waals surface area contributed by atoms with Gasteiger partial charge >= 0.3 is 11.9 Å². The Kier molecular flexibility index (Phi) is 17.1. The maximum Gasteiger partial charge on any atom is 0.335 e. The molecule has 5 aliphatic carbocycles. The van der Waals surface area contributed by atoms with Crippen LogP contribution in [0.4, 0.5) is 0 Å². The average Bonchev–Trinajstić information content (AvgIpc) is 2.79. The quantitative estimate of drug-likeness (QED) is 0.0527. The van der Waals surface area contributed by atoms with Crippen LogP contribution >= 0.6 is 0 Å². The van der Waals surface area contributed by atoms with E-state index in [2.05, 4.69) is 40.7 Å². The molecular formula is C54H86O25. The van der Waals surface area contributed by atoms with Crippen molar-refractivity contribution in [2.24, 2.45) is 50.2 Å². The Balaban J connectivity index is 0.958. The molecule has 25 heteroatoms. The molecule has 0 spiro atoms. The molecule has 79 heavy (non-hydrogen) atoms. The number of carboxylic acid groups (broad SMARTS) is 1. The number of carboxylic acids is 1. The molecule has 0 bridgehead atoms. The first kappa shape index (κ1) is 61.4. The summed E-state index contributed by atoms with van der Waals surface area (Å²) in [5.74, 6) is -3.07. The van der Waals surface area contributed by atoms with Gasteiger partial charge < -0.3 is 114 Å². The zero-order chi connectivity index (χ0) is 58.0. The third kappa shape index (κ3) is 9.85. The van der Waals surface area contributed by atoms with Crippen LogP contribution in [0.25, 0.3) is 0 Å². The summed E-state index contributed by atoms with van der Waals surface area (Å²) in [7, 11) is 0. The van der Waals surface area contributed by atoms with Gasteiger partial charge in [-0.25, -0.2) is 4.79 Å². The molecule has 4 saturated carbocycles. The number of hydrogen-bond donors (Lipinski definition) is 15. The molecule has 4 heterocycles. The van der Waals surface area contributed by atoms with E-state index < -0.39 is 194 Å². The number of aliphatic carboxylic acids is 1. The first-order chi connectivity index (χ1) is 36.9. The average molecular weight is 1140 g/mol. The van der Waals surface area contributed by atoms with Gasteiger partial charge in [-0.15, -0.1) is 0 Å². The molecule has 4 saturated heterocycles. The largest absolute Gasteiger partial charge is 0.479 e. The van der Waals surface area contributed by atoms with Crippen molar-refractivity contribution in [1.82, 2.24) is 0 Å². The molecule has 4 aliphatic heterocycles. The molecule has 8 fully saturated rings. The van der Waals surface area contributed by atoms with Crippen molar-refractivity contribution in [1.29, 1.82) is 0 Å². The highest BCUT2D eigenvalue weighted by Crippen LogP contribution is 2.76. The van der Waals surface area contributed by atoms with Gasteiger partial charge in [0.2, 0.25) is 6.29 Å². The van der Waals surface area contributed by atoms with Gasteiger partial charge in [0.15, 0.2) is 25.0 Å². The van der Waals surface area contributed by atoms with Crippen LogP contribution in [0, 0.1) is 50.2 Å². The Morgan fingerprint density at radius 3 is 1.77 bits per heavy atom. The Morgan fingerprint density at radius 1 is 0.595 bits per heavy atom. The lowest BCUT2D eigenvalue weighted by Gasteiger charge is -2.72. The highest BCUT2D eigenvalue weighted by atomic mass is 16.8. The van der Waals surface area contributed by atoms with Crippen molar-refractivity contribution in [2.45, 2.75) is 241 Å². The second kappa shape index (κ2) is 22.0. The predicted octanol–water partition coefficient (Wildman–Crippen LogP) is -2.97. The molecule has 0 amide bonds. The summed E-state index contributed by atoms with van der Waals surface area (Å²) in [6.07, 6.45) is -31.6. The maximum atomic E-state index is 14.8. The fraction of sp³-hybridized carbons (Fsp3) is 0.926. The maximum absolute atomic E-state index is 14.8. The number of aliphatic hydroxyl groups excluding tert-OH is 14. The van der Waals surface area contributed by atoms with Crippen molar-refractivity contribution in [3.8, 4) is 0 Å². The third-order valence-electron chi connectivity index (χ3n) is 21.4. The van der Waals surface area contributed by atoms with Gasteiger partial charge in [-0.2, -0.15) is 0 Å². The van der Waals surface area contributed by atoms with Crippen LogP contribution in [0.3, 0.4) is 0 Å². The van der Waals surface area contributed by atoms with Crippen LogP contribution in [-0.4, -0.2) is 243 Å². The zero-order valence-electron chi connectivity index (χ0n) is 45.8. The van der Waals surface area contributed by atoms with E-state index >= 15 is 0 Å². The number of esters is 1. The van der Waals surface area contributed by atoms with Crippen LogP contribution in [-0.2, 0) is 47.5 Å². The Labute approximate surface area is 457 Å². The second-order valence-electron chi connectivity index (χ2n) is 26.3. The summed E-state index contributed by atoms with van der Waals surface area (Å²) in [5.41, 5.74) is -2.98. The molecule has 0 aromatic rings. The summed E-state index contributed by atoms with van der Waals surface area (Å²) in [5, 5.41) is 164. The van der Waals surface area contributed by atoms with Gasteiger partial charge in [-0.1, -0.05) is 53.2 Å². The van der Waals surface area contributed by atoms with Crippen molar-refractivity contribution >= 4 is 11.9 Å². The SMILES string of the molecule is C[C@@H]1O[C@@H](O[C@H]2[C@@H](O)[C@@H](CO)O[C@@H](O[C@@H]3[C@@H](O)[C@H](O[C@H]4[C@@H](O)C[C@@]5(C)[C@@H](CC[C@]6(C)[C@@H]5CC=C5[C@@H]7CC(C)(C)CC[C@@]7(C(=O)O[C@@H]7O[C@H](CO)[C@@H](O)[C@H](O)[C@H]7O)CC[C@]56C)[C@]4(C)CO)O[C@H](C(=O)O)[C@H]3O)[C@@H]2O)[C@H](O)[C@H](O)[C@H]1O. The van der Waals surface area contributed by atoms with E-state index in [1.54, 1.807) is 6.92 Å². The van der Waals surface area contributed by atoms with Crippen molar-refractivity contribution in [2.75, 3.05) is 19.8 Å². The van der Waals surface area contributed by atoms with Crippen LogP contribution in [0.5, 0.6) is 0 Å². The molecule has 9 rings (SSSR count). The van der Waals surface area contributed by atoms with Crippen molar-refractivity contribution in [3.63, 3.8) is 0 Å². The minimum Gasteiger partial charge on any atom is -0.479 e. The van der Waals surface area contributed by atoms with Crippen molar-refractivity contribution < 1.29 is 124 Å². The highest BCUT2D eigenvalue weighted by molar-refractivity contribution is 5.79. The van der Waals surface area contributed by atoms with Gasteiger partial charge in [-0.05, 0) is 104 Å². The predicted molar refractivity (Wildman–Crippen MR) is 265 cm³/mol. The monoisotopic (exact) mass is 1130 g/mol. The van der Waals surface area contributed by atoms with Gasteiger partial charge in [0.25, 0.3) is 0 Å². The number of hydrogen-bond acceptors (Lipinski definition) is 24. The summed E-state index contributed by atoms with van der Waals surface area (Å²) in [6.45, 7) is 11.9. The number of ether oxygens (including phenoxy) is 8. The van der Waals surface area contributed by atoms with E-state index in [1.165, 1.54) is 6.92 Å². The molecule has 0 aromatic carbocycles. The first-order valence-electron chi connectivity index (χ1n) is 27.9. The van der Waals surface area contributed by atoms with Crippen LogP contribution < -0.4 is 0 Å². The van der Waals surface area contributed by atoms with Crippen LogP contribution in [0.1, 0.15) is 106 Å². The zero-order valence-corrected chi connectivity index (χ0v) is 45.8. The molecule has 30 atom stereocenters. The topological polar surface area (TPSA) is 411 Å². The number of carbonyl (C=O) groups is 2. The summed E-state index contributed by atoms with van der Waals surface area (Å²) < 4.78 is 46.6. The van der Waals surface area contributed by atoms with Gasteiger partial charge in [0, 0.05) is 5.41 Å². The molecule has 0 radical (unpaired) electrons. The summed E-state index contributed by atoms with van der Waals surface area (Å²) >= 11 is 0. The van der Waals surface area contributed by atoms with E-state index in [0.717, 1.165) is 5.57 Å². The molecule has 25 nitrogen and oxygen atoms in total. The third-order valence-corrected chi connectivity index (χ3v) is 21.4. The smallest absolute Gasteiger partial charge is 0.335 e. The van der Waals surface area contributed by atoms with Gasteiger partial charge in [0.1, 0.15) is 85.5 Å². The molecule has 0 aromatic heterocycles. The number of allylic oxidation sites excluding steroid dienone is 2. The minimum absolute atomic E-state index is 0.107. The molecular weight excluding hydrogens is 1050 g/mol. The Hall–Kier alpha value is -2.16. The van der Waals surface area contributed by atoms with E-state index in [-0.39, 0.29) is 29.6 Å². The standard InChI is InChI=1S/C54H86O25/c1-21-29(59)32(62)34(64)44(72-21)75-39-31(61)26(19-56)74-46(37(39)67)76-40-36(66)41(43(69)70)77-47(38(40)68)78-42-24(58)17-50(4)27(51(42,5)20-57)10-11-53(7)28(50)9-8-22-23-16-49(2,3)12-14-54(23,15-13-52(22,53)6)48(71)79-45-35(65)33(63)30(60)25(18-55)73-45/h8,21,23-42,44-47,55-68H,9-20H2,1-7H3,(H,69,70)/t21-,23-,24-,25+,26+,27+,28+,29-,30+,31-,32+,33-,34+,35+,36-,37+,38+,39-,40-,41-,42-,44-,45-,46-,47-,50-,51-,52+,53+,54+/m0/s1. The van der Waals surface area contributed by atoms with Crippen LogP contribution in [0.15, 0.2) is 11.6 Å². The fourth-order valence-electron chi connectivity index (χ4n) is 16.6. The Bertz CT molecular complexity index is 2240. The van der Waals surface area contributed by atoms with E-state index in [4.69, 9.17) is 37.9 Å². The fourth-order valence-corrected chi connectivity index (χ4v) is 16.6. The number of aliphatic hydroxyl groups is 14. The summed E-state index contributed by atoms with van der Waals surface area (Å²) in [6, 6.07) is 0. The molecule has 9 aliphatic rings. The first-order valence-corrected chi connectivity index (χ1v) is 27.9. The molecule has 0 unspecified atom stereocenters. The van der Waals surface area contributed by atoms with E-state index in [9.17, 15) is 86.2 Å². The van der Waals surface area contributed by atoms with E-state index in [1.807, 2.05) is 0 Å². The summed E-state index contributed by atoms with van der Waals surface area (Å²) in [4.78, 5) is 27.5. The second-order valence-corrected chi connectivity index (χ2v) is 26.3. The number of carbonyl (C=O) groups excluding carboxylic acids is 1. The van der Waals surface area contributed by atoms with Crippen LogP contribution in [0.2, 0.25) is 0 Å². The van der Waals surface area contributed by atoms with Gasteiger partial charge in [-0.3, -0.25) is 4.79 Å². The minimum atomic E-state index is -2.19. The molecule has 15 N–H and O–H groups in total. The lowest BCUT2D eigenvalue weighted by Crippen LogP contribution is -2.70. The lowest BCUT2D eigenvalue weighted by molar-refractivity contribution is -0.384. The lowest BCUT2D eigenvalue weighted by atomic mass is 9.33. The van der Waals surface area contributed by atoms with Crippen molar-refractivity contribution in [3.05, 3.63) is 11.6 Å². The number of fused-ring (bicyclic) bond motifs is 7. The number of rotatable bonds is 12. The van der Waals surface area contributed by atoms with E-state index in [0.29, 0.717) is 51.4 Å². The normalized spacial score (nSPS) is 54.5. The highest BCUT2D eigenvalue weighted by Gasteiger charge is 2.72.